The SMILES string of the molecule is CC(C)OC[C@H](O)C[C@@H](CCC(=O)O)C(=O)NN. The standard InChI is InChI=1S/C11H22N2O5/c1-7(2)18-6-9(14)5-8(11(17)13-12)3-4-10(15)16/h7-9,14H,3-6,12H2,1-2H3,(H,13,17)(H,15,16)/t8-,9-/m1/s1. The van der Waals surface area contributed by atoms with Crippen molar-refractivity contribution in [2.75, 3.05) is 6.61 Å². The van der Waals surface area contributed by atoms with Gasteiger partial charge in [0.15, 0.2) is 0 Å². The summed E-state index contributed by atoms with van der Waals surface area (Å²) in [6.45, 7) is 3.78. The van der Waals surface area contributed by atoms with E-state index in [-0.39, 0.29) is 32.0 Å². The number of carbonyl (C=O) groups excluding carboxylic acids is 1. The van der Waals surface area contributed by atoms with E-state index in [9.17, 15) is 14.7 Å². The predicted molar refractivity (Wildman–Crippen MR) is 64.4 cm³/mol. The zero-order valence-electron chi connectivity index (χ0n) is 10.8. The first kappa shape index (κ1) is 16.8. The molecule has 0 aromatic heterocycles. The number of hydrogen-bond donors (Lipinski definition) is 4. The zero-order valence-corrected chi connectivity index (χ0v) is 10.8. The van der Waals surface area contributed by atoms with Gasteiger partial charge < -0.3 is 14.9 Å². The maximum Gasteiger partial charge on any atom is 0.303 e. The zero-order chi connectivity index (χ0) is 14.1. The lowest BCUT2D eigenvalue weighted by Crippen LogP contribution is -2.38. The minimum atomic E-state index is -0.988. The number of aliphatic carboxylic acids is 1. The molecule has 0 unspecified atom stereocenters. The van der Waals surface area contributed by atoms with E-state index in [1.54, 1.807) is 0 Å². The molecule has 0 saturated heterocycles. The van der Waals surface area contributed by atoms with E-state index in [1.807, 2.05) is 19.3 Å². The topological polar surface area (TPSA) is 122 Å². The number of carbonyl (C=O) groups is 2. The van der Waals surface area contributed by atoms with E-state index in [2.05, 4.69) is 0 Å². The highest BCUT2D eigenvalue weighted by Gasteiger charge is 2.22. The molecule has 0 aromatic carbocycles. The maximum absolute atomic E-state index is 11.4. The first-order valence-corrected chi connectivity index (χ1v) is 5.88. The summed E-state index contributed by atoms with van der Waals surface area (Å²) in [4.78, 5) is 21.9. The maximum atomic E-state index is 11.4. The van der Waals surface area contributed by atoms with Crippen molar-refractivity contribution in [3.05, 3.63) is 0 Å². The second-order valence-corrected chi connectivity index (χ2v) is 4.41. The average Bonchev–Trinajstić information content (AvgIpc) is 2.30. The molecule has 7 nitrogen and oxygen atoms in total. The molecule has 106 valence electrons. The molecule has 0 fully saturated rings. The predicted octanol–water partition coefficient (Wildman–Crippen LogP) is -0.367. The van der Waals surface area contributed by atoms with Crippen molar-refractivity contribution in [1.82, 2.24) is 5.43 Å². The van der Waals surface area contributed by atoms with Crippen LogP contribution in [-0.2, 0) is 14.3 Å². The van der Waals surface area contributed by atoms with Crippen molar-refractivity contribution in [1.29, 1.82) is 0 Å². The molecule has 0 aliphatic carbocycles. The van der Waals surface area contributed by atoms with Crippen molar-refractivity contribution in [3.8, 4) is 0 Å². The van der Waals surface area contributed by atoms with Gasteiger partial charge in [-0.3, -0.25) is 15.0 Å². The first-order valence-electron chi connectivity index (χ1n) is 5.88. The molecule has 0 aliphatic rings. The van der Waals surface area contributed by atoms with Crippen molar-refractivity contribution >= 4 is 11.9 Å². The first-order chi connectivity index (χ1) is 8.36. The molecule has 0 radical (unpaired) electrons. The third kappa shape index (κ3) is 7.99. The summed E-state index contributed by atoms with van der Waals surface area (Å²) in [7, 11) is 0. The summed E-state index contributed by atoms with van der Waals surface area (Å²) in [5, 5.41) is 18.3. The highest BCUT2D eigenvalue weighted by molar-refractivity contribution is 5.78. The van der Waals surface area contributed by atoms with Gasteiger partial charge in [0.1, 0.15) is 0 Å². The highest BCUT2D eigenvalue weighted by atomic mass is 16.5. The molecule has 18 heavy (non-hydrogen) atoms. The van der Waals surface area contributed by atoms with Crippen LogP contribution in [0.4, 0.5) is 0 Å². The van der Waals surface area contributed by atoms with E-state index in [4.69, 9.17) is 15.7 Å². The Bertz CT molecular complexity index is 270. The second-order valence-electron chi connectivity index (χ2n) is 4.41. The van der Waals surface area contributed by atoms with E-state index in [0.717, 1.165) is 0 Å². The van der Waals surface area contributed by atoms with Crippen molar-refractivity contribution in [2.24, 2.45) is 11.8 Å². The van der Waals surface area contributed by atoms with Crippen LogP contribution >= 0.6 is 0 Å². The van der Waals surface area contributed by atoms with Gasteiger partial charge in [-0.2, -0.15) is 0 Å². The highest BCUT2D eigenvalue weighted by Crippen LogP contribution is 2.14. The number of amides is 1. The van der Waals surface area contributed by atoms with Gasteiger partial charge in [0, 0.05) is 12.3 Å². The monoisotopic (exact) mass is 262 g/mol. The molecule has 2 atom stereocenters. The Hall–Kier alpha value is -1.18. The smallest absolute Gasteiger partial charge is 0.303 e. The van der Waals surface area contributed by atoms with Crippen LogP contribution in [0.5, 0.6) is 0 Å². The van der Waals surface area contributed by atoms with Gasteiger partial charge in [-0.15, -0.1) is 0 Å². The summed E-state index contributed by atoms with van der Waals surface area (Å²) in [6.07, 6.45) is -0.709. The van der Waals surface area contributed by atoms with Crippen LogP contribution in [0.3, 0.4) is 0 Å². The Labute approximate surface area is 106 Å². The Balaban J connectivity index is 4.21. The summed E-state index contributed by atoms with van der Waals surface area (Å²) in [6, 6.07) is 0. The molecular weight excluding hydrogens is 240 g/mol. The molecule has 0 heterocycles. The third-order valence-corrected chi connectivity index (χ3v) is 2.40. The van der Waals surface area contributed by atoms with E-state index >= 15 is 0 Å². The normalized spacial score (nSPS) is 14.3. The summed E-state index contributed by atoms with van der Waals surface area (Å²) < 4.78 is 5.21. The fraction of sp³-hybridized carbons (Fsp3) is 0.818. The van der Waals surface area contributed by atoms with E-state index in [0.29, 0.717) is 0 Å². The molecule has 0 rings (SSSR count). The van der Waals surface area contributed by atoms with Crippen LogP contribution in [0.25, 0.3) is 0 Å². The van der Waals surface area contributed by atoms with Gasteiger partial charge in [-0.25, -0.2) is 5.84 Å². The largest absolute Gasteiger partial charge is 0.481 e. The lowest BCUT2D eigenvalue weighted by atomic mass is 9.95. The number of nitrogens with two attached hydrogens (primary N) is 1. The molecule has 0 bridgehead atoms. The second kappa shape index (κ2) is 8.84. The molecule has 5 N–H and O–H groups in total. The third-order valence-electron chi connectivity index (χ3n) is 2.40. The van der Waals surface area contributed by atoms with Crippen LogP contribution in [-0.4, -0.2) is 40.9 Å². The minimum Gasteiger partial charge on any atom is -0.481 e. The Morgan fingerprint density at radius 2 is 2.00 bits per heavy atom. The van der Waals surface area contributed by atoms with Crippen molar-refractivity contribution < 1.29 is 24.5 Å². The lowest BCUT2D eigenvalue weighted by molar-refractivity contribution is -0.137. The van der Waals surface area contributed by atoms with Gasteiger partial charge in [0.2, 0.25) is 5.91 Å². The molecule has 0 spiro atoms. The number of hydrazine groups is 1. The van der Waals surface area contributed by atoms with Gasteiger partial charge in [0.25, 0.3) is 0 Å². The quantitative estimate of drug-likeness (QED) is 0.255. The van der Waals surface area contributed by atoms with Crippen LogP contribution in [0.15, 0.2) is 0 Å². The number of carboxylic acid groups (broad SMARTS) is 1. The molecule has 0 aliphatic heterocycles. The number of rotatable bonds is 9. The van der Waals surface area contributed by atoms with E-state index in [1.165, 1.54) is 0 Å². The Kier molecular flexibility index (Phi) is 8.27. The van der Waals surface area contributed by atoms with Gasteiger partial charge in [0.05, 0.1) is 18.8 Å². The molecular formula is C11H22N2O5. The summed E-state index contributed by atoms with van der Waals surface area (Å²) in [5.74, 6) is 2.93. The number of hydrogen-bond acceptors (Lipinski definition) is 5. The molecule has 0 aromatic rings. The van der Waals surface area contributed by atoms with Crippen LogP contribution in [0.1, 0.15) is 33.1 Å². The van der Waals surface area contributed by atoms with Gasteiger partial charge >= 0.3 is 5.97 Å². The number of aliphatic hydroxyl groups excluding tert-OH is 1. The van der Waals surface area contributed by atoms with E-state index < -0.39 is 23.9 Å². The summed E-state index contributed by atoms with van der Waals surface area (Å²) in [5.41, 5.74) is 1.98. The van der Waals surface area contributed by atoms with Crippen molar-refractivity contribution in [3.63, 3.8) is 0 Å². The Morgan fingerprint density at radius 1 is 1.39 bits per heavy atom. The molecule has 7 heteroatoms. The number of nitrogens with one attached hydrogen (secondary N) is 1. The minimum absolute atomic E-state index is 0.0135. The number of ether oxygens (including phenoxy) is 1. The number of aliphatic hydroxyl groups is 1. The molecule has 1 amide bonds. The molecule has 0 saturated carbocycles. The van der Waals surface area contributed by atoms with Crippen molar-refractivity contribution in [2.45, 2.75) is 45.3 Å². The van der Waals surface area contributed by atoms with Crippen LogP contribution < -0.4 is 11.3 Å². The Morgan fingerprint density at radius 3 is 2.44 bits per heavy atom. The van der Waals surface area contributed by atoms with Crippen LogP contribution in [0, 0.1) is 5.92 Å². The fourth-order valence-electron chi connectivity index (χ4n) is 1.47. The average molecular weight is 262 g/mol. The fourth-order valence-corrected chi connectivity index (χ4v) is 1.47. The van der Waals surface area contributed by atoms with Gasteiger partial charge in [-0.1, -0.05) is 0 Å². The lowest BCUT2D eigenvalue weighted by Gasteiger charge is -2.19. The van der Waals surface area contributed by atoms with Gasteiger partial charge in [-0.05, 0) is 26.7 Å². The number of carboxylic acids is 1. The summed E-state index contributed by atoms with van der Waals surface area (Å²) >= 11 is 0. The van der Waals surface area contributed by atoms with Crippen LogP contribution in [0.2, 0.25) is 0 Å².